The van der Waals surface area contributed by atoms with Gasteiger partial charge in [-0.2, -0.15) is 0 Å². The molecule has 5 aliphatic rings. The molecule has 9 nitrogen and oxygen atoms in total. The Morgan fingerprint density at radius 3 is 2.64 bits per heavy atom. The highest BCUT2D eigenvalue weighted by atomic mass is 16.5. The first-order valence-electron chi connectivity index (χ1n) is 11.4. The first-order valence-corrected chi connectivity index (χ1v) is 11.4. The lowest BCUT2D eigenvalue weighted by atomic mass is 9.47. The van der Waals surface area contributed by atoms with Crippen LogP contribution in [-0.4, -0.2) is 55.9 Å². The number of aliphatic hydroxyl groups is 1. The molecule has 0 aromatic heterocycles. The first-order chi connectivity index (χ1) is 15.4. The maximum atomic E-state index is 13.2. The number of benzene rings is 1. The quantitative estimate of drug-likeness (QED) is 0.421. The van der Waals surface area contributed by atoms with Crippen molar-refractivity contribution < 1.29 is 39.5 Å². The number of nitrogens with one attached hydrogen (secondary N) is 1. The lowest BCUT2D eigenvalue weighted by Gasteiger charge is -2.59. The molecule has 1 aromatic rings. The van der Waals surface area contributed by atoms with Gasteiger partial charge < -0.3 is 30.5 Å². The van der Waals surface area contributed by atoms with Crippen molar-refractivity contribution in [3.8, 4) is 11.5 Å². The Morgan fingerprint density at radius 1 is 1.24 bits per heavy atom. The van der Waals surface area contributed by atoms with E-state index in [9.17, 15) is 29.7 Å². The lowest BCUT2D eigenvalue weighted by molar-refractivity contribution is -0.218. The number of carboxylic acids is 1. The number of ketones is 1. The van der Waals surface area contributed by atoms with Crippen molar-refractivity contribution in [1.29, 1.82) is 0 Å². The normalized spacial score (nSPS) is 40.6. The second kappa shape index (κ2) is 6.93. The molecular formula is C24H29NO8. The summed E-state index contributed by atoms with van der Waals surface area (Å²) in [5.41, 5.74) is -2.32. The number of phenols is 2. The molecule has 2 unspecified atom stereocenters. The maximum Gasteiger partial charge on any atom is 0.339 e. The van der Waals surface area contributed by atoms with E-state index in [0.717, 1.165) is 25.0 Å². The number of aliphatic hydroxyl groups excluding tert-OH is 1. The van der Waals surface area contributed by atoms with E-state index in [1.165, 1.54) is 0 Å². The predicted molar refractivity (Wildman–Crippen MR) is 115 cm³/mol. The zero-order valence-electron chi connectivity index (χ0n) is 18.6. The molecule has 7 atom stereocenters. The van der Waals surface area contributed by atoms with E-state index in [4.69, 9.17) is 9.84 Å². The largest absolute Gasteiger partial charge is 0.506 e. The Morgan fingerprint density at radius 2 is 1.97 bits per heavy atom. The maximum absolute atomic E-state index is 13.2. The highest BCUT2D eigenvalue weighted by molar-refractivity contribution is 5.99. The fourth-order valence-electron chi connectivity index (χ4n) is 7.54. The third-order valence-electron chi connectivity index (χ3n) is 8.99. The lowest BCUT2D eigenvalue weighted by Crippen LogP contribution is -2.63. The summed E-state index contributed by atoms with van der Waals surface area (Å²) in [4.78, 5) is 37.2. The molecule has 1 aromatic carbocycles. The van der Waals surface area contributed by atoms with E-state index >= 15 is 0 Å². The number of amides is 1. The van der Waals surface area contributed by atoms with Crippen LogP contribution in [0.3, 0.4) is 0 Å². The number of Topliss-reactive ketones (excluding diaryl/α,β-unsaturated/α-hetero) is 1. The molecule has 0 radical (unpaired) electrons. The summed E-state index contributed by atoms with van der Waals surface area (Å²) in [6.07, 6.45) is 1.76. The molecular weight excluding hydrogens is 430 g/mol. The SMILES string of the molecule is C[C@]12C[C@]34CC1C[C@H](O2)C3[C@](C)(CCC(=O)Nc1c(O)ccc(C(=O)O)c1O)C(=O)C[C@H]4O. The number of hydrogen-bond acceptors (Lipinski definition) is 7. The second-order valence-electron chi connectivity index (χ2n) is 10.8. The van der Waals surface area contributed by atoms with E-state index in [1.807, 2.05) is 6.92 Å². The van der Waals surface area contributed by atoms with Crippen molar-refractivity contribution in [1.82, 2.24) is 0 Å². The van der Waals surface area contributed by atoms with Gasteiger partial charge in [0.05, 0.1) is 17.8 Å². The molecule has 2 saturated heterocycles. The van der Waals surface area contributed by atoms with E-state index in [2.05, 4.69) is 12.2 Å². The zero-order chi connectivity index (χ0) is 23.9. The number of phenolic OH excluding ortho intramolecular Hbond substituents is 1. The minimum atomic E-state index is -1.40. The Labute approximate surface area is 190 Å². The molecule has 6 rings (SSSR count). The molecule has 1 amide bonds. The molecule has 3 saturated carbocycles. The third kappa shape index (κ3) is 2.94. The van der Waals surface area contributed by atoms with Gasteiger partial charge in [0.2, 0.25) is 5.91 Å². The van der Waals surface area contributed by atoms with Gasteiger partial charge in [0.1, 0.15) is 22.8 Å². The Bertz CT molecular complexity index is 1070. The molecule has 33 heavy (non-hydrogen) atoms. The molecule has 5 N–H and O–H groups in total. The Hall–Kier alpha value is -2.65. The van der Waals surface area contributed by atoms with Gasteiger partial charge in [-0.3, -0.25) is 9.59 Å². The fourth-order valence-corrected chi connectivity index (χ4v) is 7.54. The summed E-state index contributed by atoms with van der Waals surface area (Å²) < 4.78 is 6.38. The average Bonchev–Trinajstić information content (AvgIpc) is 3.10. The minimum absolute atomic E-state index is 0.0619. The van der Waals surface area contributed by atoms with Gasteiger partial charge in [-0.25, -0.2) is 4.79 Å². The van der Waals surface area contributed by atoms with Crippen molar-refractivity contribution in [2.75, 3.05) is 5.32 Å². The van der Waals surface area contributed by atoms with Crippen molar-refractivity contribution in [2.24, 2.45) is 22.7 Å². The van der Waals surface area contributed by atoms with Crippen LogP contribution in [0, 0.1) is 22.7 Å². The van der Waals surface area contributed by atoms with Crippen LogP contribution in [-0.2, 0) is 14.3 Å². The van der Waals surface area contributed by atoms with Gasteiger partial charge in [0.15, 0.2) is 5.75 Å². The molecule has 5 fully saturated rings. The molecule has 178 valence electrons. The Kier molecular flexibility index (Phi) is 4.65. The first kappa shape index (κ1) is 22.2. The van der Waals surface area contributed by atoms with Crippen LogP contribution in [0.4, 0.5) is 5.69 Å². The average molecular weight is 459 g/mol. The van der Waals surface area contributed by atoms with Crippen LogP contribution < -0.4 is 5.32 Å². The van der Waals surface area contributed by atoms with Crippen molar-refractivity contribution in [2.45, 2.75) is 70.2 Å². The molecule has 2 heterocycles. The van der Waals surface area contributed by atoms with Crippen LogP contribution in [0.2, 0.25) is 0 Å². The number of hydrogen-bond donors (Lipinski definition) is 5. The van der Waals surface area contributed by atoms with E-state index in [1.54, 1.807) is 0 Å². The molecule has 2 aliphatic heterocycles. The highest BCUT2D eigenvalue weighted by Crippen LogP contribution is 2.73. The van der Waals surface area contributed by atoms with Gasteiger partial charge >= 0.3 is 5.97 Å². The van der Waals surface area contributed by atoms with E-state index in [0.29, 0.717) is 12.3 Å². The van der Waals surface area contributed by atoms with Gasteiger partial charge in [-0.05, 0) is 50.7 Å². The smallest absolute Gasteiger partial charge is 0.339 e. The van der Waals surface area contributed by atoms with Crippen LogP contribution >= 0.6 is 0 Å². The summed E-state index contributed by atoms with van der Waals surface area (Å²) >= 11 is 0. The number of carbonyl (C=O) groups excluding carboxylic acids is 2. The number of rotatable bonds is 5. The number of carboxylic acid groups (broad SMARTS) is 1. The number of aromatic carboxylic acids is 1. The van der Waals surface area contributed by atoms with Crippen molar-refractivity contribution >= 4 is 23.3 Å². The van der Waals surface area contributed by atoms with Crippen LogP contribution in [0.15, 0.2) is 12.1 Å². The topological polar surface area (TPSA) is 153 Å². The highest BCUT2D eigenvalue weighted by Gasteiger charge is 2.75. The van der Waals surface area contributed by atoms with E-state index in [-0.39, 0.29) is 53.8 Å². The molecule has 9 heteroatoms. The van der Waals surface area contributed by atoms with E-state index < -0.39 is 40.5 Å². The Balaban J connectivity index is 1.37. The predicted octanol–water partition coefficient (Wildman–Crippen LogP) is 2.43. The molecule has 1 spiro atoms. The summed E-state index contributed by atoms with van der Waals surface area (Å²) in [5.74, 6) is -3.04. The van der Waals surface area contributed by atoms with Gasteiger partial charge in [-0.1, -0.05) is 6.92 Å². The standard InChI is InChI=1S/C24H29NO8/c1-22(6-5-17(29)25-18-13(26)4-3-12(19(18)30)21(31)32)15(27)8-16(28)24-9-11-7-14(20(22)24)33-23(11,2)10-24/h3-4,11,14,16,20,26,28,30H,5-10H2,1-2H3,(H,25,29)(H,31,32)/t11?,14-,16+,20?,22+,23-,24-/m0/s1. The number of ether oxygens (including phenoxy) is 1. The summed E-state index contributed by atoms with van der Waals surface area (Å²) in [7, 11) is 0. The van der Waals surface area contributed by atoms with Crippen molar-refractivity contribution in [3.05, 3.63) is 17.7 Å². The number of aromatic hydroxyl groups is 2. The second-order valence-corrected chi connectivity index (χ2v) is 10.8. The van der Waals surface area contributed by atoms with Crippen LogP contribution in [0.25, 0.3) is 0 Å². The van der Waals surface area contributed by atoms with Crippen LogP contribution in [0.1, 0.15) is 62.7 Å². The summed E-state index contributed by atoms with van der Waals surface area (Å²) in [6.45, 7) is 3.96. The molecule has 3 aliphatic carbocycles. The molecule has 4 bridgehead atoms. The summed E-state index contributed by atoms with van der Waals surface area (Å²) in [6, 6.07) is 2.12. The van der Waals surface area contributed by atoms with Gasteiger partial charge in [0, 0.05) is 29.6 Å². The van der Waals surface area contributed by atoms with Crippen LogP contribution in [0.5, 0.6) is 11.5 Å². The third-order valence-corrected chi connectivity index (χ3v) is 8.99. The number of anilines is 1. The van der Waals surface area contributed by atoms with Gasteiger partial charge in [-0.15, -0.1) is 0 Å². The summed E-state index contributed by atoms with van der Waals surface area (Å²) in [5, 5.41) is 42.7. The van der Waals surface area contributed by atoms with Crippen molar-refractivity contribution in [3.63, 3.8) is 0 Å². The van der Waals surface area contributed by atoms with Gasteiger partial charge in [0.25, 0.3) is 0 Å². The fraction of sp³-hybridized carbons (Fsp3) is 0.625. The minimum Gasteiger partial charge on any atom is -0.506 e. The monoisotopic (exact) mass is 459 g/mol. The number of carbonyl (C=O) groups is 3. The zero-order valence-corrected chi connectivity index (χ0v) is 18.6.